The summed E-state index contributed by atoms with van der Waals surface area (Å²) in [6.45, 7) is 3.73. The molecule has 0 saturated carbocycles. The van der Waals surface area contributed by atoms with Crippen LogP contribution in [-0.4, -0.2) is 70.4 Å². The first-order chi connectivity index (χ1) is 15.3. The Morgan fingerprint density at radius 1 is 1.23 bits per heavy atom. The fraction of sp³-hybridized carbons (Fsp3) is 0.458. The second-order valence-electron chi connectivity index (χ2n) is 8.52. The zero-order chi connectivity index (χ0) is 21.2. The number of ether oxygens (including phenoxy) is 1. The van der Waals surface area contributed by atoms with Gasteiger partial charge in [0, 0.05) is 18.0 Å². The summed E-state index contributed by atoms with van der Waals surface area (Å²) in [5, 5.41) is 1.06. The molecule has 7 heteroatoms. The fourth-order valence-corrected chi connectivity index (χ4v) is 5.12. The van der Waals surface area contributed by atoms with Gasteiger partial charge in [0.15, 0.2) is 0 Å². The smallest absolute Gasteiger partial charge is 0.223 e. The van der Waals surface area contributed by atoms with Gasteiger partial charge in [0.05, 0.1) is 42.7 Å². The Hall–Kier alpha value is -2.77. The monoisotopic (exact) mass is 419 g/mol. The lowest BCUT2D eigenvalue weighted by Gasteiger charge is -2.41. The van der Waals surface area contributed by atoms with Crippen LogP contribution < -0.4 is 4.74 Å². The zero-order valence-corrected chi connectivity index (χ0v) is 18.0. The van der Waals surface area contributed by atoms with Gasteiger partial charge in [-0.15, -0.1) is 0 Å². The number of carbonyl (C=O) groups is 1. The summed E-state index contributed by atoms with van der Waals surface area (Å²) in [4.78, 5) is 29.1. The molecule has 0 spiro atoms. The number of aromatic amines is 1. The van der Waals surface area contributed by atoms with Crippen LogP contribution in [0.4, 0.5) is 0 Å². The molecule has 0 bridgehead atoms. The Labute approximate surface area is 182 Å². The standard InChI is InChI=1S/C24H29N5O2/c1-31-24-19(14-17-6-2-3-7-20(17)27-24)21-16-25-23(26-21)22-15-18(28-9-4-5-10-28)8-11-29(22)12-13-30/h2-3,6-7,13-14,16,18,22H,4-5,8-12,15H2,1H3,(H,25,26)/t18-,22-/m0/s1. The first kappa shape index (κ1) is 20.2. The lowest BCUT2D eigenvalue weighted by atomic mass is 9.95. The lowest BCUT2D eigenvalue weighted by molar-refractivity contribution is -0.110. The molecule has 2 fully saturated rings. The molecule has 2 aliphatic rings. The Kier molecular flexibility index (Phi) is 5.70. The number of H-pyrrole nitrogens is 1. The number of hydrogen-bond acceptors (Lipinski definition) is 6. The van der Waals surface area contributed by atoms with Crippen molar-refractivity contribution in [3.8, 4) is 17.1 Å². The molecule has 2 aliphatic heterocycles. The average Bonchev–Trinajstić information content (AvgIpc) is 3.51. The number of likely N-dealkylation sites (tertiary alicyclic amines) is 2. The number of fused-ring (bicyclic) bond motifs is 1. The van der Waals surface area contributed by atoms with Crippen molar-refractivity contribution in [1.82, 2.24) is 24.8 Å². The van der Waals surface area contributed by atoms with E-state index in [1.165, 1.54) is 25.9 Å². The maximum atomic E-state index is 11.3. The number of methoxy groups -OCH3 is 1. The summed E-state index contributed by atoms with van der Waals surface area (Å²) in [5.41, 5.74) is 2.69. The van der Waals surface area contributed by atoms with E-state index >= 15 is 0 Å². The summed E-state index contributed by atoms with van der Waals surface area (Å²) in [6, 6.07) is 10.8. The van der Waals surface area contributed by atoms with Crippen LogP contribution in [0.5, 0.6) is 5.88 Å². The van der Waals surface area contributed by atoms with Gasteiger partial charge in [-0.25, -0.2) is 9.97 Å². The predicted octanol–water partition coefficient (Wildman–Crippen LogP) is 3.43. The minimum Gasteiger partial charge on any atom is -0.480 e. The highest BCUT2D eigenvalue weighted by Gasteiger charge is 2.34. The number of nitrogens with one attached hydrogen (secondary N) is 1. The average molecular weight is 420 g/mol. The molecule has 0 radical (unpaired) electrons. The number of piperidine rings is 1. The molecule has 0 unspecified atom stereocenters. The Morgan fingerprint density at radius 2 is 2.06 bits per heavy atom. The summed E-state index contributed by atoms with van der Waals surface area (Å²) < 4.78 is 5.58. The number of pyridine rings is 1. The first-order valence-electron chi connectivity index (χ1n) is 11.2. The van der Waals surface area contributed by atoms with E-state index in [-0.39, 0.29) is 6.04 Å². The molecule has 1 aromatic carbocycles. The van der Waals surface area contributed by atoms with Crippen LogP contribution in [0.25, 0.3) is 22.2 Å². The molecule has 2 aromatic heterocycles. The lowest BCUT2D eigenvalue weighted by Crippen LogP contribution is -2.46. The van der Waals surface area contributed by atoms with Crippen molar-refractivity contribution in [2.75, 3.05) is 33.3 Å². The Balaban J connectivity index is 1.46. The largest absolute Gasteiger partial charge is 0.480 e. The summed E-state index contributed by atoms with van der Waals surface area (Å²) in [5.74, 6) is 1.49. The van der Waals surface area contributed by atoms with Gasteiger partial charge in [-0.05, 0) is 50.9 Å². The van der Waals surface area contributed by atoms with Crippen LogP contribution in [0.2, 0.25) is 0 Å². The summed E-state index contributed by atoms with van der Waals surface area (Å²) >= 11 is 0. The minimum atomic E-state index is 0.109. The number of carbonyl (C=O) groups excluding carboxylic acids is 1. The highest BCUT2D eigenvalue weighted by Crippen LogP contribution is 2.35. The van der Waals surface area contributed by atoms with Gasteiger partial charge in [0.2, 0.25) is 5.88 Å². The number of para-hydroxylation sites is 1. The Bertz CT molecular complexity index is 1060. The molecule has 2 saturated heterocycles. The van der Waals surface area contributed by atoms with Crippen LogP contribution in [0, 0.1) is 0 Å². The quantitative estimate of drug-likeness (QED) is 0.617. The summed E-state index contributed by atoms with van der Waals surface area (Å²) in [6.07, 6.45) is 7.55. The molecular weight excluding hydrogens is 390 g/mol. The van der Waals surface area contributed by atoms with Crippen molar-refractivity contribution in [2.24, 2.45) is 0 Å². The van der Waals surface area contributed by atoms with Crippen molar-refractivity contribution < 1.29 is 9.53 Å². The molecular formula is C24H29N5O2. The van der Waals surface area contributed by atoms with Gasteiger partial charge in [0.1, 0.15) is 12.1 Å². The van der Waals surface area contributed by atoms with Crippen LogP contribution in [-0.2, 0) is 4.79 Å². The first-order valence-corrected chi connectivity index (χ1v) is 11.2. The summed E-state index contributed by atoms with van der Waals surface area (Å²) in [7, 11) is 1.64. The number of aldehydes is 1. The van der Waals surface area contributed by atoms with Crippen molar-refractivity contribution in [1.29, 1.82) is 0 Å². The molecule has 1 N–H and O–H groups in total. The van der Waals surface area contributed by atoms with Crippen molar-refractivity contribution in [2.45, 2.75) is 37.8 Å². The van der Waals surface area contributed by atoms with E-state index in [9.17, 15) is 4.79 Å². The van der Waals surface area contributed by atoms with Crippen LogP contribution in [0.3, 0.4) is 0 Å². The van der Waals surface area contributed by atoms with E-state index in [0.29, 0.717) is 18.5 Å². The van der Waals surface area contributed by atoms with Crippen molar-refractivity contribution in [3.63, 3.8) is 0 Å². The molecule has 2 atom stereocenters. The molecule has 4 heterocycles. The highest BCUT2D eigenvalue weighted by atomic mass is 16.5. The number of aromatic nitrogens is 3. The van der Waals surface area contributed by atoms with Gasteiger partial charge in [-0.1, -0.05) is 18.2 Å². The predicted molar refractivity (Wildman–Crippen MR) is 120 cm³/mol. The van der Waals surface area contributed by atoms with Gasteiger partial charge < -0.3 is 19.4 Å². The molecule has 0 amide bonds. The van der Waals surface area contributed by atoms with Gasteiger partial charge in [-0.3, -0.25) is 4.90 Å². The van der Waals surface area contributed by atoms with Crippen molar-refractivity contribution >= 4 is 17.2 Å². The number of imidazole rings is 1. The third-order valence-corrected chi connectivity index (χ3v) is 6.74. The third kappa shape index (κ3) is 3.95. The van der Waals surface area contributed by atoms with Crippen LogP contribution in [0.15, 0.2) is 36.5 Å². The molecule has 3 aromatic rings. The van der Waals surface area contributed by atoms with Crippen LogP contribution in [0.1, 0.15) is 37.5 Å². The maximum Gasteiger partial charge on any atom is 0.223 e. The fourth-order valence-electron chi connectivity index (χ4n) is 5.12. The molecule has 7 nitrogen and oxygen atoms in total. The number of benzene rings is 1. The molecule has 31 heavy (non-hydrogen) atoms. The molecule has 0 aliphatic carbocycles. The van der Waals surface area contributed by atoms with Gasteiger partial charge in [-0.2, -0.15) is 0 Å². The van der Waals surface area contributed by atoms with E-state index in [1.54, 1.807) is 7.11 Å². The minimum absolute atomic E-state index is 0.109. The highest BCUT2D eigenvalue weighted by molar-refractivity contribution is 5.85. The second-order valence-corrected chi connectivity index (χ2v) is 8.52. The van der Waals surface area contributed by atoms with E-state index < -0.39 is 0 Å². The molecule has 162 valence electrons. The van der Waals surface area contributed by atoms with Gasteiger partial charge >= 0.3 is 0 Å². The normalized spacial score (nSPS) is 22.7. The van der Waals surface area contributed by atoms with Crippen LogP contribution >= 0.6 is 0 Å². The van der Waals surface area contributed by atoms with E-state index in [4.69, 9.17) is 9.72 Å². The van der Waals surface area contributed by atoms with Gasteiger partial charge in [0.25, 0.3) is 0 Å². The topological polar surface area (TPSA) is 74.4 Å². The number of nitrogens with zero attached hydrogens (tertiary/aromatic N) is 4. The number of rotatable bonds is 6. The molecule has 5 rings (SSSR count). The number of hydrogen-bond donors (Lipinski definition) is 1. The zero-order valence-electron chi connectivity index (χ0n) is 18.0. The maximum absolute atomic E-state index is 11.3. The Morgan fingerprint density at radius 3 is 2.87 bits per heavy atom. The SMILES string of the molecule is COc1nc2ccccc2cc1-c1cnc([C@@H]2C[C@@H](N3CCCC3)CCN2CC=O)[nH]1. The third-order valence-electron chi connectivity index (χ3n) is 6.74. The van der Waals surface area contributed by atoms with E-state index in [0.717, 1.165) is 53.7 Å². The van der Waals surface area contributed by atoms with E-state index in [1.807, 2.05) is 24.4 Å². The second kappa shape index (κ2) is 8.77. The van der Waals surface area contributed by atoms with Crippen molar-refractivity contribution in [3.05, 3.63) is 42.4 Å². The van der Waals surface area contributed by atoms with E-state index in [2.05, 4.69) is 31.9 Å².